The maximum Gasteiger partial charge on any atom is 0.336 e. The number of aliphatic imine (C=N–C) groups is 2. The molecule has 2 rings (SSSR count). The molecular formula is C11H13N3O3S. The van der Waals surface area contributed by atoms with Gasteiger partial charge in [-0.15, -0.1) is 0 Å². The zero-order chi connectivity index (χ0) is 13.5. The Morgan fingerprint density at radius 1 is 1.44 bits per heavy atom. The van der Waals surface area contributed by atoms with Gasteiger partial charge in [-0.25, -0.2) is 9.79 Å². The molecule has 0 saturated heterocycles. The van der Waals surface area contributed by atoms with Gasteiger partial charge in [-0.3, -0.25) is 4.79 Å². The van der Waals surface area contributed by atoms with Crippen LogP contribution in [-0.2, 0) is 14.3 Å². The topological polar surface area (TPSA) is 94.1 Å². The number of fused-ring (bicyclic) bond motifs is 1. The molecule has 2 aliphatic heterocycles. The lowest BCUT2D eigenvalue weighted by Gasteiger charge is -2.21. The average molecular weight is 267 g/mol. The first kappa shape index (κ1) is 12.8. The van der Waals surface area contributed by atoms with Crippen molar-refractivity contribution in [3.05, 3.63) is 11.0 Å². The summed E-state index contributed by atoms with van der Waals surface area (Å²) in [5.74, 6) is -1.82. The van der Waals surface area contributed by atoms with Crippen molar-refractivity contribution in [1.29, 1.82) is 0 Å². The van der Waals surface area contributed by atoms with Crippen molar-refractivity contribution in [3.63, 3.8) is 0 Å². The van der Waals surface area contributed by atoms with Gasteiger partial charge < -0.3 is 10.5 Å². The van der Waals surface area contributed by atoms with Crippen molar-refractivity contribution < 1.29 is 14.3 Å². The number of ether oxygens (including phenoxy) is 1. The number of carbonyl (C=O) groups is 2. The number of esters is 1. The summed E-state index contributed by atoms with van der Waals surface area (Å²) in [5, 5.41) is 2.05. The van der Waals surface area contributed by atoms with Gasteiger partial charge in [0.25, 0.3) is 5.91 Å². The van der Waals surface area contributed by atoms with Crippen LogP contribution in [0, 0.1) is 5.92 Å². The third-order valence-electron chi connectivity index (χ3n) is 2.20. The molecule has 0 radical (unpaired) electrons. The van der Waals surface area contributed by atoms with Crippen molar-refractivity contribution in [1.82, 2.24) is 0 Å². The van der Waals surface area contributed by atoms with Crippen LogP contribution in [0.1, 0.15) is 20.8 Å². The van der Waals surface area contributed by atoms with E-state index < -0.39 is 23.4 Å². The third kappa shape index (κ3) is 2.45. The van der Waals surface area contributed by atoms with Crippen molar-refractivity contribution in [2.75, 3.05) is 0 Å². The van der Waals surface area contributed by atoms with E-state index in [9.17, 15) is 9.59 Å². The van der Waals surface area contributed by atoms with Crippen molar-refractivity contribution >= 4 is 34.6 Å². The monoisotopic (exact) mass is 267 g/mol. The molecule has 96 valence electrons. The van der Waals surface area contributed by atoms with Crippen LogP contribution in [0.5, 0.6) is 0 Å². The van der Waals surface area contributed by atoms with Gasteiger partial charge in [-0.2, -0.15) is 4.99 Å². The number of thioether (sulfide) groups is 1. The quantitative estimate of drug-likeness (QED) is 0.710. The Morgan fingerprint density at radius 2 is 2.11 bits per heavy atom. The molecule has 0 aromatic carbocycles. The Hall–Kier alpha value is -1.63. The molecule has 2 aliphatic rings. The highest BCUT2D eigenvalue weighted by atomic mass is 32.2. The molecule has 0 spiro atoms. The molecule has 0 unspecified atom stereocenters. The predicted molar refractivity (Wildman–Crippen MR) is 69.1 cm³/mol. The summed E-state index contributed by atoms with van der Waals surface area (Å²) < 4.78 is 5.24. The normalized spacial score (nSPS) is 22.9. The van der Waals surface area contributed by atoms with E-state index >= 15 is 0 Å². The first-order valence-electron chi connectivity index (χ1n) is 5.34. The Morgan fingerprint density at radius 3 is 2.72 bits per heavy atom. The molecule has 7 heteroatoms. The molecule has 0 aromatic heterocycles. The fraction of sp³-hybridized carbons (Fsp3) is 0.455. The molecule has 18 heavy (non-hydrogen) atoms. The van der Waals surface area contributed by atoms with Crippen molar-refractivity contribution in [3.8, 4) is 0 Å². The first-order chi connectivity index (χ1) is 8.28. The van der Waals surface area contributed by atoms with E-state index in [1.807, 2.05) is 0 Å². The van der Waals surface area contributed by atoms with Crippen LogP contribution >= 0.6 is 11.8 Å². The summed E-state index contributed by atoms with van der Waals surface area (Å²) >= 11 is 1.20. The summed E-state index contributed by atoms with van der Waals surface area (Å²) in [5.41, 5.74) is 5.06. The molecule has 0 saturated carbocycles. The predicted octanol–water partition coefficient (Wildman–Crippen LogP) is 0.828. The van der Waals surface area contributed by atoms with E-state index in [1.165, 1.54) is 11.8 Å². The van der Waals surface area contributed by atoms with Crippen LogP contribution in [0.25, 0.3) is 0 Å². The summed E-state index contributed by atoms with van der Waals surface area (Å²) in [6.45, 7) is 5.30. The standard InChI is InChI=1S/C11H13N3O3S/c1-11(2,3)17-9(16)5-4-18-8-6(5)7(15)13-10(12)14-8/h4,6H,1-3H3,(H2,12,13,15)/t6-/m0/s1. The number of carbonyl (C=O) groups excluding carboxylic acids is 2. The lowest BCUT2D eigenvalue weighted by atomic mass is 10.0. The second kappa shape index (κ2) is 4.24. The van der Waals surface area contributed by atoms with Crippen molar-refractivity contribution in [2.24, 2.45) is 21.6 Å². The fourth-order valence-electron chi connectivity index (χ4n) is 1.54. The summed E-state index contributed by atoms with van der Waals surface area (Å²) in [6, 6.07) is 0. The van der Waals surface area contributed by atoms with Crippen LogP contribution in [0.3, 0.4) is 0 Å². The summed E-state index contributed by atoms with van der Waals surface area (Å²) in [7, 11) is 0. The minimum absolute atomic E-state index is 0.0717. The van der Waals surface area contributed by atoms with E-state index in [4.69, 9.17) is 10.5 Å². The van der Waals surface area contributed by atoms with Gasteiger partial charge in [0.15, 0.2) is 0 Å². The number of rotatable bonds is 1. The Balaban J connectivity index is 2.21. The minimum atomic E-state index is -0.753. The molecule has 2 N–H and O–H groups in total. The number of hydrogen-bond acceptors (Lipinski definition) is 6. The van der Waals surface area contributed by atoms with E-state index in [1.54, 1.807) is 26.2 Å². The molecule has 2 heterocycles. The lowest BCUT2D eigenvalue weighted by Crippen LogP contribution is -2.33. The Bertz CT molecular complexity index is 514. The van der Waals surface area contributed by atoms with Gasteiger partial charge >= 0.3 is 5.97 Å². The van der Waals surface area contributed by atoms with E-state index in [0.717, 1.165) is 0 Å². The van der Waals surface area contributed by atoms with Gasteiger partial charge in [0.05, 0.1) is 10.6 Å². The number of nitrogens with zero attached hydrogens (tertiary/aromatic N) is 2. The number of amides is 1. The number of hydrogen-bond donors (Lipinski definition) is 1. The second-order valence-electron chi connectivity index (χ2n) is 4.88. The van der Waals surface area contributed by atoms with Crippen LogP contribution in [0.2, 0.25) is 0 Å². The molecule has 0 fully saturated rings. The Labute approximate surface area is 108 Å². The highest BCUT2D eigenvalue weighted by Gasteiger charge is 2.40. The third-order valence-corrected chi connectivity index (χ3v) is 3.14. The smallest absolute Gasteiger partial charge is 0.336 e. The van der Waals surface area contributed by atoms with Gasteiger partial charge in [0.2, 0.25) is 5.96 Å². The second-order valence-corrected chi connectivity index (χ2v) is 5.77. The molecule has 1 atom stereocenters. The van der Waals surface area contributed by atoms with Gasteiger partial charge in [0.1, 0.15) is 11.5 Å². The minimum Gasteiger partial charge on any atom is -0.457 e. The molecule has 0 aliphatic carbocycles. The average Bonchev–Trinajstić information content (AvgIpc) is 2.58. The van der Waals surface area contributed by atoms with E-state index in [0.29, 0.717) is 5.04 Å². The highest BCUT2D eigenvalue weighted by molar-refractivity contribution is 8.17. The maximum absolute atomic E-state index is 12.0. The van der Waals surface area contributed by atoms with Crippen LogP contribution < -0.4 is 5.73 Å². The van der Waals surface area contributed by atoms with Gasteiger partial charge in [-0.05, 0) is 26.2 Å². The van der Waals surface area contributed by atoms with Crippen LogP contribution in [-0.4, -0.2) is 28.5 Å². The zero-order valence-corrected chi connectivity index (χ0v) is 11.1. The molecule has 1 amide bonds. The molecule has 0 aromatic rings. The zero-order valence-electron chi connectivity index (χ0n) is 10.3. The molecule has 0 bridgehead atoms. The lowest BCUT2D eigenvalue weighted by molar-refractivity contribution is -0.150. The van der Waals surface area contributed by atoms with Gasteiger partial charge in [-0.1, -0.05) is 11.8 Å². The molecule has 6 nitrogen and oxygen atoms in total. The maximum atomic E-state index is 12.0. The number of guanidine groups is 1. The van der Waals surface area contributed by atoms with Crippen LogP contribution in [0.4, 0.5) is 0 Å². The van der Waals surface area contributed by atoms with Gasteiger partial charge in [0, 0.05) is 0 Å². The van der Waals surface area contributed by atoms with Crippen LogP contribution in [0.15, 0.2) is 21.0 Å². The first-order valence-corrected chi connectivity index (χ1v) is 6.22. The van der Waals surface area contributed by atoms with E-state index in [-0.39, 0.29) is 11.5 Å². The van der Waals surface area contributed by atoms with E-state index in [2.05, 4.69) is 9.98 Å². The summed E-state index contributed by atoms with van der Waals surface area (Å²) in [4.78, 5) is 31.2. The SMILES string of the molecule is CC(C)(C)OC(=O)C1=CSC2=NC(N)=NC(=O)[C@H]12. The fourth-order valence-corrected chi connectivity index (χ4v) is 2.53. The number of nitrogens with two attached hydrogens (primary N) is 1. The molecular weight excluding hydrogens is 254 g/mol. The summed E-state index contributed by atoms with van der Waals surface area (Å²) in [6.07, 6.45) is 0. The highest BCUT2D eigenvalue weighted by Crippen LogP contribution is 2.35. The van der Waals surface area contributed by atoms with Crippen molar-refractivity contribution in [2.45, 2.75) is 26.4 Å². The largest absolute Gasteiger partial charge is 0.457 e. The Kier molecular flexibility index (Phi) is 3.02.